The summed E-state index contributed by atoms with van der Waals surface area (Å²) in [5, 5.41) is 6.67. The number of hydrogen-bond donors (Lipinski definition) is 2. The van der Waals surface area contributed by atoms with Crippen LogP contribution >= 0.6 is 23.1 Å². The topological polar surface area (TPSA) is 79.9 Å². The smallest absolute Gasteiger partial charge is 0.234 e. The summed E-state index contributed by atoms with van der Waals surface area (Å²) in [5.41, 5.74) is 5.51. The maximum atomic E-state index is 12.4. The summed E-state index contributed by atoms with van der Waals surface area (Å²) in [7, 11) is 1.63. The van der Waals surface area contributed by atoms with E-state index < -0.39 is 0 Å². The number of ether oxygens (including phenoxy) is 1. The van der Waals surface area contributed by atoms with Crippen molar-refractivity contribution < 1.29 is 9.53 Å². The second kappa shape index (κ2) is 9.48. The first-order valence-corrected chi connectivity index (χ1v) is 12.1. The molecule has 5 aromatic rings. The first-order valence-electron chi connectivity index (χ1n) is 10.3. The molecule has 0 bridgehead atoms. The zero-order chi connectivity index (χ0) is 22.6. The lowest BCUT2D eigenvalue weighted by atomic mass is 10.1. The second-order valence-corrected chi connectivity index (χ2v) is 9.07. The fourth-order valence-electron chi connectivity index (χ4n) is 3.34. The molecule has 2 N–H and O–H groups in total. The molecule has 0 atom stereocenters. The van der Waals surface area contributed by atoms with Crippen molar-refractivity contribution in [2.75, 3.05) is 18.2 Å². The molecule has 8 heteroatoms. The summed E-state index contributed by atoms with van der Waals surface area (Å²) in [4.78, 5) is 24.9. The van der Waals surface area contributed by atoms with Crippen LogP contribution in [0.4, 0.5) is 5.69 Å². The third-order valence-corrected chi connectivity index (χ3v) is 6.76. The molecular weight excluding hydrogens is 452 g/mol. The predicted octanol–water partition coefficient (Wildman–Crippen LogP) is 6.09. The lowest BCUT2D eigenvalue weighted by Crippen LogP contribution is -2.14. The number of thiazole rings is 1. The molecule has 164 valence electrons. The van der Waals surface area contributed by atoms with Crippen molar-refractivity contribution in [3.8, 4) is 27.6 Å². The molecule has 0 fully saturated rings. The highest BCUT2D eigenvalue weighted by molar-refractivity contribution is 7.99. The van der Waals surface area contributed by atoms with Crippen LogP contribution in [-0.2, 0) is 4.79 Å². The number of benzene rings is 3. The van der Waals surface area contributed by atoms with Crippen LogP contribution in [0, 0.1) is 0 Å². The van der Waals surface area contributed by atoms with E-state index in [1.807, 2.05) is 60.7 Å². The maximum Gasteiger partial charge on any atom is 0.234 e. The normalized spacial score (nSPS) is 10.9. The molecule has 0 radical (unpaired) electrons. The van der Waals surface area contributed by atoms with Crippen LogP contribution in [0.1, 0.15) is 0 Å². The number of carbonyl (C=O) groups is 1. The van der Waals surface area contributed by atoms with E-state index in [0.29, 0.717) is 5.16 Å². The van der Waals surface area contributed by atoms with E-state index in [1.165, 1.54) is 11.8 Å². The minimum Gasteiger partial charge on any atom is -0.497 e. The highest BCUT2D eigenvalue weighted by Crippen LogP contribution is 2.29. The Morgan fingerprint density at radius 2 is 1.85 bits per heavy atom. The number of hydrogen-bond acceptors (Lipinski definition) is 6. The Morgan fingerprint density at radius 1 is 1.03 bits per heavy atom. The van der Waals surface area contributed by atoms with Gasteiger partial charge in [-0.25, -0.2) is 9.97 Å². The van der Waals surface area contributed by atoms with E-state index in [2.05, 4.69) is 32.8 Å². The van der Waals surface area contributed by atoms with Crippen molar-refractivity contribution in [3.63, 3.8) is 0 Å². The number of aromatic nitrogens is 3. The molecule has 0 saturated heterocycles. The molecule has 0 unspecified atom stereocenters. The Bertz CT molecular complexity index is 1400. The number of aromatic amines is 1. The molecule has 2 aromatic heterocycles. The van der Waals surface area contributed by atoms with Gasteiger partial charge in [0.1, 0.15) is 10.8 Å². The number of rotatable bonds is 7. The molecule has 6 nitrogen and oxygen atoms in total. The van der Waals surface area contributed by atoms with Gasteiger partial charge in [0.2, 0.25) is 5.91 Å². The average molecular weight is 473 g/mol. The monoisotopic (exact) mass is 472 g/mol. The van der Waals surface area contributed by atoms with Crippen molar-refractivity contribution in [1.29, 1.82) is 0 Å². The van der Waals surface area contributed by atoms with Crippen LogP contribution in [0.3, 0.4) is 0 Å². The van der Waals surface area contributed by atoms with Crippen LogP contribution in [0.15, 0.2) is 83.3 Å². The van der Waals surface area contributed by atoms with Gasteiger partial charge in [0, 0.05) is 28.3 Å². The maximum absolute atomic E-state index is 12.4. The molecule has 0 aliphatic heterocycles. The molecule has 0 saturated carbocycles. The number of anilines is 1. The predicted molar refractivity (Wildman–Crippen MR) is 135 cm³/mol. The summed E-state index contributed by atoms with van der Waals surface area (Å²) < 4.78 is 5.23. The number of H-pyrrole nitrogens is 1. The quantitative estimate of drug-likeness (QED) is 0.280. The number of thioether (sulfide) groups is 1. The third kappa shape index (κ3) is 4.92. The van der Waals surface area contributed by atoms with Crippen molar-refractivity contribution in [3.05, 3.63) is 78.2 Å². The van der Waals surface area contributed by atoms with Crippen molar-refractivity contribution in [2.24, 2.45) is 0 Å². The highest BCUT2D eigenvalue weighted by atomic mass is 32.2. The molecule has 33 heavy (non-hydrogen) atoms. The fourth-order valence-corrected chi connectivity index (χ4v) is 4.86. The van der Waals surface area contributed by atoms with E-state index >= 15 is 0 Å². The van der Waals surface area contributed by atoms with Gasteiger partial charge in [-0.05, 0) is 24.3 Å². The fraction of sp³-hybridized carbons (Fsp3) is 0.0800. The molecule has 0 aliphatic rings. The highest BCUT2D eigenvalue weighted by Gasteiger charge is 2.10. The van der Waals surface area contributed by atoms with Gasteiger partial charge in [-0.1, -0.05) is 54.2 Å². The van der Waals surface area contributed by atoms with E-state index in [-0.39, 0.29) is 11.7 Å². The Hall–Kier alpha value is -3.62. The summed E-state index contributed by atoms with van der Waals surface area (Å²) in [6.07, 6.45) is 0. The number of nitrogens with one attached hydrogen (secondary N) is 2. The first kappa shape index (κ1) is 21.2. The molecule has 0 aliphatic carbocycles. The number of amides is 1. The molecule has 3 aromatic carbocycles. The van der Waals surface area contributed by atoms with Crippen molar-refractivity contribution in [1.82, 2.24) is 15.0 Å². The molecule has 0 spiro atoms. The zero-order valence-electron chi connectivity index (χ0n) is 17.7. The SMILES string of the molecule is COc1ccc2nc(SCC(=O)Nc3ccc(-c4csc(-c5ccccc5)n4)cc3)[nH]c2c1. The van der Waals surface area contributed by atoms with E-state index in [0.717, 1.165) is 44.3 Å². The van der Waals surface area contributed by atoms with Crippen LogP contribution in [0.25, 0.3) is 32.9 Å². The number of imidazole rings is 1. The van der Waals surface area contributed by atoms with Gasteiger partial charge in [-0.3, -0.25) is 4.79 Å². The second-order valence-electron chi connectivity index (χ2n) is 7.24. The van der Waals surface area contributed by atoms with Gasteiger partial charge in [0.25, 0.3) is 0 Å². The van der Waals surface area contributed by atoms with Gasteiger partial charge >= 0.3 is 0 Å². The zero-order valence-corrected chi connectivity index (χ0v) is 19.4. The minimum absolute atomic E-state index is 0.0918. The van der Waals surface area contributed by atoms with Crippen molar-refractivity contribution in [2.45, 2.75) is 5.16 Å². The van der Waals surface area contributed by atoms with Crippen LogP contribution in [0.2, 0.25) is 0 Å². The number of methoxy groups -OCH3 is 1. The van der Waals surface area contributed by atoms with Crippen LogP contribution in [0.5, 0.6) is 5.75 Å². The first-order chi connectivity index (χ1) is 16.2. The lowest BCUT2D eigenvalue weighted by molar-refractivity contribution is -0.113. The Balaban J connectivity index is 1.19. The van der Waals surface area contributed by atoms with Gasteiger partial charge in [-0.2, -0.15) is 0 Å². The summed E-state index contributed by atoms with van der Waals surface area (Å²) in [5.74, 6) is 0.925. The van der Waals surface area contributed by atoms with E-state index in [4.69, 9.17) is 9.72 Å². The number of fused-ring (bicyclic) bond motifs is 1. The van der Waals surface area contributed by atoms with Gasteiger partial charge in [-0.15, -0.1) is 11.3 Å². The Morgan fingerprint density at radius 3 is 2.64 bits per heavy atom. The van der Waals surface area contributed by atoms with Crippen LogP contribution in [-0.4, -0.2) is 33.7 Å². The summed E-state index contributed by atoms with van der Waals surface area (Å²) in [6.45, 7) is 0. The molecule has 1 amide bonds. The van der Waals surface area contributed by atoms with Crippen molar-refractivity contribution >= 4 is 45.7 Å². The Labute approximate surface area is 199 Å². The van der Waals surface area contributed by atoms with Crippen LogP contribution < -0.4 is 10.1 Å². The third-order valence-electron chi connectivity index (χ3n) is 5.00. The Kier molecular flexibility index (Phi) is 6.10. The minimum atomic E-state index is -0.0918. The molecular formula is C25H20N4O2S2. The molecule has 5 rings (SSSR count). The summed E-state index contributed by atoms with van der Waals surface area (Å²) >= 11 is 2.98. The van der Waals surface area contributed by atoms with E-state index in [1.54, 1.807) is 18.4 Å². The van der Waals surface area contributed by atoms with Gasteiger partial charge in [0.15, 0.2) is 5.16 Å². The summed E-state index contributed by atoms with van der Waals surface area (Å²) in [6, 6.07) is 23.5. The molecule has 2 heterocycles. The van der Waals surface area contributed by atoms with Gasteiger partial charge in [0.05, 0.1) is 29.6 Å². The number of carbonyl (C=O) groups excluding carboxylic acids is 1. The van der Waals surface area contributed by atoms with Gasteiger partial charge < -0.3 is 15.0 Å². The van der Waals surface area contributed by atoms with E-state index in [9.17, 15) is 4.79 Å². The lowest BCUT2D eigenvalue weighted by Gasteiger charge is -2.05. The largest absolute Gasteiger partial charge is 0.497 e. The number of nitrogens with zero attached hydrogens (tertiary/aromatic N) is 2. The average Bonchev–Trinajstić information content (AvgIpc) is 3.50. The standard InChI is InChI=1S/C25H20N4O2S2/c1-31-19-11-12-20-21(13-19)29-25(28-20)33-15-23(30)26-18-9-7-16(8-10-18)22-14-32-24(27-22)17-5-3-2-4-6-17/h2-14H,15H2,1H3,(H,26,30)(H,28,29).